The van der Waals surface area contributed by atoms with Gasteiger partial charge in [0.05, 0.1) is 18.0 Å². The van der Waals surface area contributed by atoms with E-state index in [4.69, 9.17) is 5.73 Å². The number of rotatable bonds is 8. The molecule has 1 aliphatic heterocycles. The van der Waals surface area contributed by atoms with Gasteiger partial charge in [0.1, 0.15) is 0 Å². The van der Waals surface area contributed by atoms with Gasteiger partial charge >= 0.3 is 0 Å². The van der Waals surface area contributed by atoms with Gasteiger partial charge in [-0.05, 0) is 56.4 Å². The molecule has 0 aromatic heterocycles. The number of sulfonamides is 1. The molecule has 1 aliphatic rings. The smallest absolute Gasteiger partial charge is 0.243 e. The highest BCUT2D eigenvalue weighted by molar-refractivity contribution is 7.89. The number of anilines is 1. The van der Waals surface area contributed by atoms with Crippen LogP contribution >= 0.6 is 0 Å². The number of nitrogens with two attached hydrogens (primary N) is 1. The Bertz CT molecular complexity index is 813. The van der Waals surface area contributed by atoms with Crippen molar-refractivity contribution < 1.29 is 18.0 Å². The molecule has 2 atom stereocenters. The van der Waals surface area contributed by atoms with Gasteiger partial charge in [-0.25, -0.2) is 8.42 Å². The van der Waals surface area contributed by atoms with Crippen LogP contribution in [0.4, 0.5) is 5.69 Å². The Labute approximate surface area is 173 Å². The normalized spacial score (nSPS) is 20.8. The third-order valence-corrected chi connectivity index (χ3v) is 6.89. The average molecular weight is 425 g/mol. The average Bonchev–Trinajstić information content (AvgIpc) is 2.60. The Morgan fingerprint density at radius 3 is 2.17 bits per heavy atom. The summed E-state index contributed by atoms with van der Waals surface area (Å²) in [5, 5.41) is 2.73. The van der Waals surface area contributed by atoms with Gasteiger partial charge in [0.15, 0.2) is 0 Å². The minimum absolute atomic E-state index is 0.00501. The van der Waals surface area contributed by atoms with Gasteiger partial charge in [0.25, 0.3) is 0 Å². The van der Waals surface area contributed by atoms with Crippen LogP contribution in [0.5, 0.6) is 0 Å². The zero-order chi connectivity index (χ0) is 21.8. The van der Waals surface area contributed by atoms with Gasteiger partial charge < -0.3 is 11.1 Å². The van der Waals surface area contributed by atoms with Crippen LogP contribution in [0.15, 0.2) is 29.2 Å². The van der Waals surface area contributed by atoms with E-state index in [0.29, 0.717) is 30.6 Å². The third-order valence-electron chi connectivity index (χ3n) is 5.05. The van der Waals surface area contributed by atoms with Crippen LogP contribution in [-0.2, 0) is 19.6 Å². The fourth-order valence-corrected chi connectivity index (χ4v) is 5.35. The zero-order valence-corrected chi connectivity index (χ0v) is 18.4. The first-order valence-corrected chi connectivity index (χ1v) is 11.4. The highest BCUT2D eigenvalue weighted by Gasteiger charge is 2.31. The van der Waals surface area contributed by atoms with Crippen LogP contribution in [0.2, 0.25) is 0 Å². The van der Waals surface area contributed by atoms with E-state index in [9.17, 15) is 18.0 Å². The fraction of sp³-hybridized carbons (Fsp3) is 0.600. The second kappa shape index (κ2) is 9.69. The summed E-state index contributed by atoms with van der Waals surface area (Å²) >= 11 is 0. The number of carbonyl (C=O) groups excluding carboxylic acids is 2. The van der Waals surface area contributed by atoms with Crippen molar-refractivity contribution in [3.63, 3.8) is 0 Å². The summed E-state index contributed by atoms with van der Waals surface area (Å²) in [6.45, 7) is 8.94. The molecule has 29 heavy (non-hydrogen) atoms. The molecule has 2 amide bonds. The molecule has 3 N–H and O–H groups in total. The molecular formula is C20H32N4O4S. The van der Waals surface area contributed by atoms with E-state index in [2.05, 4.69) is 19.2 Å². The minimum atomic E-state index is -3.56. The Morgan fingerprint density at radius 2 is 1.69 bits per heavy atom. The molecule has 0 radical (unpaired) electrons. The van der Waals surface area contributed by atoms with E-state index in [1.54, 1.807) is 21.3 Å². The van der Waals surface area contributed by atoms with Crippen LogP contribution in [0.3, 0.4) is 0 Å². The zero-order valence-electron chi connectivity index (χ0n) is 17.6. The van der Waals surface area contributed by atoms with Gasteiger partial charge in [0, 0.05) is 24.8 Å². The van der Waals surface area contributed by atoms with Crippen molar-refractivity contribution in [1.82, 2.24) is 9.21 Å². The largest absolute Gasteiger partial charge is 0.369 e. The summed E-state index contributed by atoms with van der Waals surface area (Å²) in [5.41, 5.74) is 5.72. The van der Waals surface area contributed by atoms with E-state index in [-0.39, 0.29) is 29.9 Å². The van der Waals surface area contributed by atoms with Crippen LogP contribution < -0.4 is 11.1 Å². The molecule has 2 rings (SSSR count). The molecule has 162 valence electrons. The van der Waals surface area contributed by atoms with E-state index >= 15 is 0 Å². The minimum Gasteiger partial charge on any atom is -0.369 e. The standard InChI is InChI=1S/C20H32N4O4S/c1-14(2)23(12-19(21)25)13-20(26)22-17-5-7-18(8-6-17)29(27,28)24-10-15(3)9-16(4)11-24/h5-8,14-16H,9-13H2,1-4H3,(H2,21,25)(H,22,26). The van der Waals surface area contributed by atoms with Crippen LogP contribution in [0.25, 0.3) is 0 Å². The first-order chi connectivity index (χ1) is 13.5. The lowest BCUT2D eigenvalue weighted by Gasteiger charge is -2.34. The summed E-state index contributed by atoms with van der Waals surface area (Å²) in [4.78, 5) is 25.3. The van der Waals surface area contributed by atoms with Crippen LogP contribution in [0.1, 0.15) is 34.1 Å². The lowest BCUT2D eigenvalue weighted by Crippen LogP contribution is -2.43. The summed E-state index contributed by atoms with van der Waals surface area (Å²) in [6, 6.07) is 6.16. The van der Waals surface area contributed by atoms with Crippen molar-refractivity contribution in [2.45, 2.75) is 45.1 Å². The van der Waals surface area contributed by atoms with Crippen molar-refractivity contribution in [2.24, 2.45) is 17.6 Å². The summed E-state index contributed by atoms with van der Waals surface area (Å²) in [6.07, 6.45) is 1.03. The number of primary amides is 1. The molecule has 9 heteroatoms. The first-order valence-electron chi connectivity index (χ1n) is 9.91. The first kappa shape index (κ1) is 23.3. The number of benzene rings is 1. The quantitative estimate of drug-likeness (QED) is 0.656. The molecule has 1 aromatic carbocycles. The molecular weight excluding hydrogens is 392 g/mol. The molecule has 1 saturated heterocycles. The second-order valence-corrected chi connectivity index (χ2v) is 10.2. The lowest BCUT2D eigenvalue weighted by molar-refractivity contribution is -0.121. The van der Waals surface area contributed by atoms with Crippen LogP contribution in [0, 0.1) is 11.8 Å². The molecule has 0 saturated carbocycles. The molecule has 1 aromatic rings. The Morgan fingerprint density at radius 1 is 1.14 bits per heavy atom. The number of piperidine rings is 1. The number of hydrogen-bond acceptors (Lipinski definition) is 5. The third kappa shape index (κ3) is 6.52. The van der Waals surface area contributed by atoms with E-state index in [1.807, 2.05) is 13.8 Å². The van der Waals surface area contributed by atoms with Gasteiger partial charge in [-0.3, -0.25) is 14.5 Å². The second-order valence-electron chi connectivity index (χ2n) is 8.31. The summed E-state index contributed by atoms with van der Waals surface area (Å²) in [5.74, 6) is -0.135. The number of amides is 2. The maximum Gasteiger partial charge on any atom is 0.243 e. The van der Waals surface area contributed by atoms with Gasteiger partial charge in [-0.1, -0.05) is 13.8 Å². The fourth-order valence-electron chi connectivity index (χ4n) is 3.67. The lowest BCUT2D eigenvalue weighted by atomic mass is 9.94. The van der Waals surface area contributed by atoms with E-state index in [1.165, 1.54) is 12.1 Å². The maximum absolute atomic E-state index is 12.9. The van der Waals surface area contributed by atoms with Crippen molar-refractivity contribution in [3.05, 3.63) is 24.3 Å². The summed E-state index contributed by atoms with van der Waals surface area (Å²) in [7, 11) is -3.56. The summed E-state index contributed by atoms with van der Waals surface area (Å²) < 4.78 is 27.4. The van der Waals surface area contributed by atoms with Crippen LogP contribution in [-0.4, -0.2) is 61.7 Å². The molecule has 0 bridgehead atoms. The number of nitrogens with zero attached hydrogens (tertiary/aromatic N) is 2. The number of carbonyl (C=O) groups is 2. The van der Waals surface area contributed by atoms with E-state index in [0.717, 1.165) is 6.42 Å². The molecule has 2 unspecified atom stereocenters. The highest BCUT2D eigenvalue weighted by Crippen LogP contribution is 2.27. The SMILES string of the molecule is CC1CC(C)CN(S(=O)(=O)c2ccc(NC(=O)CN(CC(N)=O)C(C)C)cc2)C1. The molecule has 1 heterocycles. The Kier molecular flexibility index (Phi) is 7.79. The molecule has 1 fully saturated rings. The van der Waals surface area contributed by atoms with Gasteiger partial charge in [-0.2, -0.15) is 4.31 Å². The van der Waals surface area contributed by atoms with Gasteiger partial charge in [-0.15, -0.1) is 0 Å². The number of hydrogen-bond donors (Lipinski definition) is 2. The topological polar surface area (TPSA) is 113 Å². The molecule has 8 nitrogen and oxygen atoms in total. The molecule has 0 spiro atoms. The van der Waals surface area contributed by atoms with Crippen molar-refractivity contribution in [3.8, 4) is 0 Å². The predicted octanol–water partition coefficient (Wildman–Crippen LogP) is 1.49. The van der Waals surface area contributed by atoms with Crippen molar-refractivity contribution in [2.75, 3.05) is 31.5 Å². The Balaban J connectivity index is 2.04. The van der Waals surface area contributed by atoms with E-state index < -0.39 is 15.9 Å². The van der Waals surface area contributed by atoms with Crippen molar-refractivity contribution >= 4 is 27.5 Å². The Hall–Kier alpha value is -1.97. The molecule has 0 aliphatic carbocycles. The maximum atomic E-state index is 12.9. The van der Waals surface area contributed by atoms with Crippen molar-refractivity contribution in [1.29, 1.82) is 0 Å². The van der Waals surface area contributed by atoms with Gasteiger partial charge in [0.2, 0.25) is 21.8 Å². The monoisotopic (exact) mass is 424 g/mol. The number of nitrogens with one attached hydrogen (secondary N) is 1. The highest BCUT2D eigenvalue weighted by atomic mass is 32.2. The predicted molar refractivity (Wildman–Crippen MR) is 113 cm³/mol.